The highest BCUT2D eigenvalue weighted by molar-refractivity contribution is 5.32. The normalized spacial score (nSPS) is 21.4. The molecule has 2 rings (SSSR count). The molecular formula is C10H17N3. The van der Waals surface area contributed by atoms with Crippen LogP contribution in [-0.2, 0) is 6.54 Å². The monoisotopic (exact) mass is 179 g/mol. The van der Waals surface area contributed by atoms with E-state index in [0.717, 1.165) is 18.2 Å². The number of anilines is 1. The Bertz CT molecular complexity index is 301. The fraction of sp³-hybridized carbons (Fsp3) is 0.700. The Morgan fingerprint density at radius 2 is 2.38 bits per heavy atom. The predicted molar refractivity (Wildman–Crippen MR) is 53.8 cm³/mol. The van der Waals surface area contributed by atoms with Gasteiger partial charge in [0.2, 0.25) is 5.95 Å². The van der Waals surface area contributed by atoms with Gasteiger partial charge in [0.1, 0.15) is 0 Å². The minimum atomic E-state index is 0.592. The van der Waals surface area contributed by atoms with Gasteiger partial charge in [0.05, 0.1) is 5.69 Å². The van der Waals surface area contributed by atoms with E-state index in [2.05, 4.69) is 34.9 Å². The van der Waals surface area contributed by atoms with Crippen LogP contribution in [0, 0.1) is 12.8 Å². The third-order valence-electron chi connectivity index (χ3n) is 2.70. The van der Waals surface area contributed by atoms with Crippen molar-refractivity contribution in [3.8, 4) is 0 Å². The zero-order valence-electron chi connectivity index (χ0n) is 8.54. The molecule has 0 bridgehead atoms. The lowest BCUT2D eigenvalue weighted by atomic mass is 10.0. The number of nitrogens with one attached hydrogen (secondary N) is 1. The highest BCUT2D eigenvalue weighted by Gasteiger charge is 2.20. The van der Waals surface area contributed by atoms with Gasteiger partial charge in [-0.05, 0) is 19.3 Å². The lowest BCUT2D eigenvalue weighted by molar-refractivity contribution is 0.433. The summed E-state index contributed by atoms with van der Waals surface area (Å²) < 4.78 is 2.20. The largest absolute Gasteiger partial charge is 0.353 e. The van der Waals surface area contributed by atoms with E-state index in [9.17, 15) is 0 Å². The molecule has 0 radical (unpaired) electrons. The third kappa shape index (κ3) is 1.55. The molecule has 0 amide bonds. The summed E-state index contributed by atoms with van der Waals surface area (Å²) in [6.07, 6.45) is 3.32. The lowest BCUT2D eigenvalue weighted by Gasteiger charge is -2.28. The molecule has 3 heteroatoms. The van der Waals surface area contributed by atoms with E-state index >= 15 is 0 Å². The Morgan fingerprint density at radius 1 is 1.62 bits per heavy atom. The molecule has 1 atom stereocenters. The summed E-state index contributed by atoms with van der Waals surface area (Å²) in [5.41, 5.74) is 1.10. The average Bonchev–Trinajstić information content (AvgIpc) is 2.42. The molecule has 2 heterocycles. The van der Waals surface area contributed by atoms with Crippen molar-refractivity contribution in [2.75, 3.05) is 5.32 Å². The second-order valence-corrected chi connectivity index (χ2v) is 4.18. The smallest absolute Gasteiger partial charge is 0.203 e. The first kappa shape index (κ1) is 8.60. The first-order valence-electron chi connectivity index (χ1n) is 4.97. The van der Waals surface area contributed by atoms with Crippen molar-refractivity contribution in [3.05, 3.63) is 11.9 Å². The van der Waals surface area contributed by atoms with Crippen LogP contribution in [0.3, 0.4) is 0 Å². The van der Waals surface area contributed by atoms with Gasteiger partial charge >= 0.3 is 0 Å². The maximum absolute atomic E-state index is 4.44. The molecule has 0 saturated heterocycles. The summed E-state index contributed by atoms with van der Waals surface area (Å²) in [7, 11) is 0. The average molecular weight is 179 g/mol. The molecule has 0 aliphatic carbocycles. The summed E-state index contributed by atoms with van der Waals surface area (Å²) >= 11 is 0. The highest BCUT2D eigenvalue weighted by Crippen LogP contribution is 2.21. The van der Waals surface area contributed by atoms with Crippen molar-refractivity contribution in [2.45, 2.75) is 39.8 Å². The predicted octanol–water partition coefficient (Wildman–Crippen LogP) is 2.03. The van der Waals surface area contributed by atoms with E-state index in [1.165, 1.54) is 6.42 Å². The molecule has 0 fully saturated rings. The second-order valence-electron chi connectivity index (χ2n) is 4.18. The van der Waals surface area contributed by atoms with Gasteiger partial charge in [-0.3, -0.25) is 0 Å². The van der Waals surface area contributed by atoms with Gasteiger partial charge in [0.25, 0.3) is 0 Å². The molecule has 1 unspecified atom stereocenters. The van der Waals surface area contributed by atoms with Gasteiger partial charge < -0.3 is 9.88 Å². The summed E-state index contributed by atoms with van der Waals surface area (Å²) in [5.74, 6) is 1.73. The summed E-state index contributed by atoms with van der Waals surface area (Å²) in [6.45, 7) is 7.65. The SMILES string of the molecule is Cc1cn2c(n1)NC(C(C)C)CC2. The number of aryl methyl sites for hydroxylation is 2. The van der Waals surface area contributed by atoms with Crippen LogP contribution in [0.15, 0.2) is 6.20 Å². The zero-order chi connectivity index (χ0) is 9.42. The maximum atomic E-state index is 4.44. The van der Waals surface area contributed by atoms with Gasteiger partial charge in [0.15, 0.2) is 0 Å². The molecule has 1 aromatic heterocycles. The van der Waals surface area contributed by atoms with E-state index in [4.69, 9.17) is 0 Å². The van der Waals surface area contributed by atoms with Crippen LogP contribution in [0.2, 0.25) is 0 Å². The molecule has 3 nitrogen and oxygen atoms in total. The van der Waals surface area contributed by atoms with Gasteiger partial charge in [-0.2, -0.15) is 0 Å². The molecule has 1 aliphatic rings. The van der Waals surface area contributed by atoms with Crippen LogP contribution in [0.1, 0.15) is 26.0 Å². The van der Waals surface area contributed by atoms with Crippen LogP contribution in [-0.4, -0.2) is 15.6 Å². The van der Waals surface area contributed by atoms with Crippen LogP contribution in [0.5, 0.6) is 0 Å². The maximum Gasteiger partial charge on any atom is 0.203 e. The van der Waals surface area contributed by atoms with Gasteiger partial charge in [-0.15, -0.1) is 0 Å². The Labute approximate surface area is 79.2 Å². The quantitative estimate of drug-likeness (QED) is 0.715. The Morgan fingerprint density at radius 3 is 3.08 bits per heavy atom. The number of hydrogen-bond acceptors (Lipinski definition) is 2. The summed E-state index contributed by atoms with van der Waals surface area (Å²) in [4.78, 5) is 4.44. The van der Waals surface area contributed by atoms with Crippen molar-refractivity contribution < 1.29 is 0 Å². The van der Waals surface area contributed by atoms with Crippen LogP contribution >= 0.6 is 0 Å². The van der Waals surface area contributed by atoms with Gasteiger partial charge in [-0.25, -0.2) is 4.98 Å². The second kappa shape index (κ2) is 3.05. The molecule has 1 aliphatic heterocycles. The molecule has 1 aromatic rings. The minimum Gasteiger partial charge on any atom is -0.353 e. The van der Waals surface area contributed by atoms with Crippen LogP contribution in [0.25, 0.3) is 0 Å². The van der Waals surface area contributed by atoms with Crippen molar-refractivity contribution in [3.63, 3.8) is 0 Å². The molecular weight excluding hydrogens is 162 g/mol. The topological polar surface area (TPSA) is 29.9 Å². The van der Waals surface area contributed by atoms with Crippen molar-refractivity contribution in [1.29, 1.82) is 0 Å². The molecule has 0 saturated carbocycles. The molecule has 0 spiro atoms. The standard InChI is InChI=1S/C10H17N3/c1-7(2)9-4-5-13-6-8(3)11-10(13)12-9/h6-7,9H,4-5H2,1-3H3,(H,11,12). The van der Waals surface area contributed by atoms with Crippen molar-refractivity contribution >= 4 is 5.95 Å². The molecule has 13 heavy (non-hydrogen) atoms. The first-order valence-corrected chi connectivity index (χ1v) is 4.97. The fourth-order valence-corrected chi connectivity index (χ4v) is 1.85. The Hall–Kier alpha value is -0.990. The van der Waals surface area contributed by atoms with Gasteiger partial charge in [-0.1, -0.05) is 13.8 Å². The fourth-order valence-electron chi connectivity index (χ4n) is 1.85. The number of hydrogen-bond donors (Lipinski definition) is 1. The van der Waals surface area contributed by atoms with E-state index < -0.39 is 0 Å². The molecule has 72 valence electrons. The van der Waals surface area contributed by atoms with E-state index in [1.54, 1.807) is 0 Å². The summed E-state index contributed by atoms with van der Waals surface area (Å²) in [5, 5.41) is 3.47. The molecule has 1 N–H and O–H groups in total. The number of nitrogens with zero attached hydrogens (tertiary/aromatic N) is 2. The number of imidazole rings is 1. The minimum absolute atomic E-state index is 0.592. The highest BCUT2D eigenvalue weighted by atomic mass is 15.2. The van der Waals surface area contributed by atoms with E-state index in [-0.39, 0.29) is 0 Å². The van der Waals surface area contributed by atoms with Crippen LogP contribution < -0.4 is 5.32 Å². The van der Waals surface area contributed by atoms with Gasteiger partial charge in [0, 0.05) is 18.8 Å². The number of aromatic nitrogens is 2. The van der Waals surface area contributed by atoms with E-state index in [0.29, 0.717) is 12.0 Å². The van der Waals surface area contributed by atoms with Crippen molar-refractivity contribution in [1.82, 2.24) is 9.55 Å². The Kier molecular flexibility index (Phi) is 2.02. The van der Waals surface area contributed by atoms with Crippen molar-refractivity contribution in [2.24, 2.45) is 5.92 Å². The number of rotatable bonds is 1. The van der Waals surface area contributed by atoms with E-state index in [1.807, 2.05) is 6.92 Å². The Balaban J connectivity index is 2.19. The molecule has 0 aromatic carbocycles. The third-order valence-corrected chi connectivity index (χ3v) is 2.70. The summed E-state index contributed by atoms with van der Waals surface area (Å²) in [6, 6.07) is 0.592. The van der Waals surface area contributed by atoms with Crippen LogP contribution in [0.4, 0.5) is 5.95 Å². The lowest BCUT2D eigenvalue weighted by Crippen LogP contribution is -2.32. The zero-order valence-corrected chi connectivity index (χ0v) is 8.54. The number of fused-ring (bicyclic) bond motifs is 1. The first-order chi connectivity index (χ1) is 6.16.